The van der Waals surface area contributed by atoms with Crippen molar-refractivity contribution in [1.29, 1.82) is 0 Å². The lowest BCUT2D eigenvalue weighted by molar-refractivity contribution is 0.164. The number of benzene rings is 1. The average Bonchev–Trinajstić information content (AvgIpc) is 2.54. The summed E-state index contributed by atoms with van der Waals surface area (Å²) < 4.78 is 16.2. The SMILES string of the molecule is COc1cc(OC)c(OC)cc1CN1CCC(C(C)N)CC1. The first kappa shape index (κ1) is 16.9. The number of hydrogen-bond acceptors (Lipinski definition) is 5. The van der Waals surface area contributed by atoms with E-state index in [9.17, 15) is 0 Å². The van der Waals surface area contributed by atoms with Crippen molar-refractivity contribution >= 4 is 0 Å². The zero-order chi connectivity index (χ0) is 16.1. The second kappa shape index (κ2) is 7.70. The molecule has 22 heavy (non-hydrogen) atoms. The largest absolute Gasteiger partial charge is 0.496 e. The van der Waals surface area contributed by atoms with Gasteiger partial charge in [0.05, 0.1) is 21.3 Å². The Balaban J connectivity index is 2.09. The fourth-order valence-corrected chi connectivity index (χ4v) is 3.09. The van der Waals surface area contributed by atoms with E-state index in [4.69, 9.17) is 19.9 Å². The van der Waals surface area contributed by atoms with Crippen molar-refractivity contribution in [3.63, 3.8) is 0 Å². The highest BCUT2D eigenvalue weighted by Gasteiger charge is 2.23. The fraction of sp³-hybridized carbons (Fsp3) is 0.647. The number of methoxy groups -OCH3 is 3. The smallest absolute Gasteiger partial charge is 0.164 e. The lowest BCUT2D eigenvalue weighted by Gasteiger charge is -2.34. The Kier molecular flexibility index (Phi) is 5.91. The van der Waals surface area contributed by atoms with Crippen LogP contribution in [0.2, 0.25) is 0 Å². The molecule has 2 rings (SSSR count). The van der Waals surface area contributed by atoms with Crippen LogP contribution in [0.4, 0.5) is 0 Å². The lowest BCUT2D eigenvalue weighted by atomic mass is 9.91. The third-order valence-electron chi connectivity index (χ3n) is 4.56. The Bertz CT molecular complexity index is 483. The van der Waals surface area contributed by atoms with Crippen LogP contribution < -0.4 is 19.9 Å². The van der Waals surface area contributed by atoms with Gasteiger partial charge in [-0.05, 0) is 44.8 Å². The number of nitrogens with two attached hydrogens (primary N) is 1. The van der Waals surface area contributed by atoms with Gasteiger partial charge in [-0.2, -0.15) is 0 Å². The molecule has 0 aliphatic carbocycles. The molecule has 124 valence electrons. The van der Waals surface area contributed by atoms with Crippen LogP contribution in [0.5, 0.6) is 17.2 Å². The Morgan fingerprint density at radius 3 is 2.09 bits per heavy atom. The summed E-state index contributed by atoms with van der Waals surface area (Å²) in [7, 11) is 4.98. The van der Waals surface area contributed by atoms with Gasteiger partial charge in [0.15, 0.2) is 11.5 Å². The molecule has 1 heterocycles. The van der Waals surface area contributed by atoms with Crippen molar-refractivity contribution in [1.82, 2.24) is 4.90 Å². The quantitative estimate of drug-likeness (QED) is 0.873. The molecule has 1 unspecified atom stereocenters. The van der Waals surface area contributed by atoms with Gasteiger partial charge in [-0.1, -0.05) is 0 Å². The molecule has 0 radical (unpaired) electrons. The van der Waals surface area contributed by atoms with Crippen LogP contribution in [-0.4, -0.2) is 45.4 Å². The number of ether oxygens (including phenoxy) is 3. The molecule has 1 fully saturated rings. The van der Waals surface area contributed by atoms with E-state index in [2.05, 4.69) is 11.8 Å². The number of nitrogens with zero attached hydrogens (tertiary/aromatic N) is 1. The maximum absolute atomic E-state index is 6.01. The molecule has 1 aliphatic rings. The topological polar surface area (TPSA) is 57.0 Å². The zero-order valence-corrected chi connectivity index (χ0v) is 14.1. The molecule has 0 saturated carbocycles. The number of hydrogen-bond donors (Lipinski definition) is 1. The van der Waals surface area contributed by atoms with Gasteiger partial charge in [0.1, 0.15) is 5.75 Å². The summed E-state index contributed by atoms with van der Waals surface area (Å²) in [6.07, 6.45) is 2.32. The van der Waals surface area contributed by atoms with Crippen LogP contribution in [0.25, 0.3) is 0 Å². The van der Waals surface area contributed by atoms with Crippen molar-refractivity contribution in [2.45, 2.75) is 32.4 Å². The van der Waals surface area contributed by atoms with Crippen LogP contribution >= 0.6 is 0 Å². The molecular formula is C17H28N2O3. The van der Waals surface area contributed by atoms with Gasteiger partial charge < -0.3 is 19.9 Å². The minimum Gasteiger partial charge on any atom is -0.496 e. The second-order valence-electron chi connectivity index (χ2n) is 5.99. The summed E-state index contributed by atoms with van der Waals surface area (Å²) in [6, 6.07) is 4.19. The van der Waals surface area contributed by atoms with E-state index in [0.717, 1.165) is 49.5 Å². The van der Waals surface area contributed by atoms with Gasteiger partial charge in [-0.15, -0.1) is 0 Å². The van der Waals surface area contributed by atoms with E-state index in [1.807, 2.05) is 12.1 Å². The molecule has 1 aromatic rings. The predicted molar refractivity (Wildman–Crippen MR) is 87.7 cm³/mol. The maximum atomic E-state index is 6.01. The van der Waals surface area contributed by atoms with E-state index >= 15 is 0 Å². The van der Waals surface area contributed by atoms with Gasteiger partial charge in [0, 0.05) is 24.2 Å². The molecular weight excluding hydrogens is 280 g/mol. The molecule has 0 amide bonds. The summed E-state index contributed by atoms with van der Waals surface area (Å²) in [4.78, 5) is 2.45. The molecule has 1 aromatic carbocycles. The highest BCUT2D eigenvalue weighted by Crippen LogP contribution is 2.35. The fourth-order valence-electron chi connectivity index (χ4n) is 3.09. The summed E-state index contributed by atoms with van der Waals surface area (Å²) in [6.45, 7) is 5.11. The lowest BCUT2D eigenvalue weighted by Crippen LogP contribution is -2.39. The first-order valence-corrected chi connectivity index (χ1v) is 7.85. The Morgan fingerprint density at radius 1 is 1.05 bits per heavy atom. The molecule has 1 saturated heterocycles. The normalized spacial score (nSPS) is 18.0. The number of rotatable bonds is 6. The van der Waals surface area contributed by atoms with Gasteiger partial charge >= 0.3 is 0 Å². The van der Waals surface area contributed by atoms with Gasteiger partial charge in [-0.3, -0.25) is 4.90 Å². The minimum atomic E-state index is 0.290. The first-order valence-electron chi connectivity index (χ1n) is 7.85. The summed E-state index contributed by atoms with van der Waals surface area (Å²) in [5.74, 6) is 2.91. The van der Waals surface area contributed by atoms with Crippen molar-refractivity contribution in [2.24, 2.45) is 11.7 Å². The highest BCUT2D eigenvalue weighted by molar-refractivity contribution is 5.50. The average molecular weight is 308 g/mol. The van der Waals surface area contributed by atoms with Crippen molar-refractivity contribution in [3.8, 4) is 17.2 Å². The monoisotopic (exact) mass is 308 g/mol. The third-order valence-corrected chi connectivity index (χ3v) is 4.56. The van der Waals surface area contributed by atoms with E-state index < -0.39 is 0 Å². The van der Waals surface area contributed by atoms with Crippen LogP contribution in [0.3, 0.4) is 0 Å². The molecule has 2 N–H and O–H groups in total. The summed E-state index contributed by atoms with van der Waals surface area (Å²) in [5, 5.41) is 0. The van der Waals surface area contributed by atoms with Gasteiger partial charge in [-0.25, -0.2) is 0 Å². The zero-order valence-electron chi connectivity index (χ0n) is 14.1. The maximum Gasteiger partial charge on any atom is 0.164 e. The first-order chi connectivity index (χ1) is 10.6. The molecule has 5 nitrogen and oxygen atoms in total. The summed E-state index contributed by atoms with van der Waals surface area (Å²) >= 11 is 0. The Hall–Kier alpha value is -1.46. The number of piperidine rings is 1. The molecule has 1 aliphatic heterocycles. The molecule has 1 atom stereocenters. The number of likely N-dealkylation sites (tertiary alicyclic amines) is 1. The predicted octanol–water partition coefficient (Wildman–Crippen LogP) is 2.27. The Labute approximate surface area is 133 Å². The second-order valence-corrected chi connectivity index (χ2v) is 5.99. The van der Waals surface area contributed by atoms with E-state index in [1.54, 1.807) is 21.3 Å². The van der Waals surface area contributed by atoms with Crippen LogP contribution in [-0.2, 0) is 6.54 Å². The van der Waals surface area contributed by atoms with E-state index in [0.29, 0.717) is 11.7 Å². The highest BCUT2D eigenvalue weighted by atomic mass is 16.5. The van der Waals surface area contributed by atoms with Crippen LogP contribution in [0, 0.1) is 5.92 Å². The summed E-state index contributed by atoms with van der Waals surface area (Å²) in [5.41, 5.74) is 7.14. The van der Waals surface area contributed by atoms with Gasteiger partial charge in [0.2, 0.25) is 0 Å². The van der Waals surface area contributed by atoms with Crippen molar-refractivity contribution in [3.05, 3.63) is 17.7 Å². The van der Waals surface area contributed by atoms with Gasteiger partial charge in [0.25, 0.3) is 0 Å². The minimum absolute atomic E-state index is 0.290. The van der Waals surface area contributed by atoms with Crippen molar-refractivity contribution in [2.75, 3.05) is 34.4 Å². The van der Waals surface area contributed by atoms with Crippen LogP contribution in [0.1, 0.15) is 25.3 Å². The molecule has 0 aromatic heterocycles. The Morgan fingerprint density at radius 2 is 1.59 bits per heavy atom. The molecule has 5 heteroatoms. The molecule has 0 spiro atoms. The van der Waals surface area contributed by atoms with Crippen LogP contribution in [0.15, 0.2) is 12.1 Å². The van der Waals surface area contributed by atoms with E-state index in [1.165, 1.54) is 0 Å². The van der Waals surface area contributed by atoms with E-state index in [-0.39, 0.29) is 6.04 Å². The molecule has 0 bridgehead atoms. The third kappa shape index (κ3) is 3.84. The standard InChI is InChI=1S/C17H28N2O3/c1-12(18)13-5-7-19(8-6-13)11-14-9-16(21-3)17(22-4)10-15(14)20-2/h9-10,12-13H,5-8,11,18H2,1-4H3. The van der Waals surface area contributed by atoms with Crippen molar-refractivity contribution < 1.29 is 14.2 Å².